The summed E-state index contributed by atoms with van der Waals surface area (Å²) in [6.07, 6.45) is 2.49. The number of aryl methyl sites for hydroxylation is 1. The van der Waals surface area contributed by atoms with Gasteiger partial charge >= 0.3 is 0 Å². The van der Waals surface area contributed by atoms with Crippen molar-refractivity contribution in [2.24, 2.45) is 0 Å². The van der Waals surface area contributed by atoms with E-state index in [0.717, 1.165) is 24.1 Å². The van der Waals surface area contributed by atoms with Gasteiger partial charge in [-0.3, -0.25) is 14.4 Å². The molecule has 1 amide bonds. The maximum Gasteiger partial charge on any atom is 0.224 e. The monoisotopic (exact) mass is 351 g/mol. The summed E-state index contributed by atoms with van der Waals surface area (Å²) in [4.78, 5) is 35.6. The molecule has 0 aromatic heterocycles. The fourth-order valence-corrected chi connectivity index (χ4v) is 2.92. The topological polar surface area (TPSA) is 72.5 Å². The molecule has 0 bridgehead atoms. The number of hydrogen-bond acceptors (Lipinski definition) is 4. The Morgan fingerprint density at radius 2 is 1.73 bits per heavy atom. The molecule has 0 radical (unpaired) electrons. The number of rotatable bonds is 6. The van der Waals surface area contributed by atoms with Crippen molar-refractivity contribution in [2.45, 2.75) is 32.6 Å². The molecule has 0 saturated heterocycles. The quantitative estimate of drug-likeness (QED) is 0.803. The molecular weight excluding hydrogens is 330 g/mol. The Bertz CT molecular complexity index is 840. The lowest BCUT2D eigenvalue weighted by Gasteiger charge is -2.10. The van der Waals surface area contributed by atoms with Gasteiger partial charge in [0.2, 0.25) is 5.91 Å². The average molecular weight is 351 g/mol. The fourth-order valence-electron chi connectivity index (χ4n) is 2.92. The Kier molecular flexibility index (Phi) is 5.46. The van der Waals surface area contributed by atoms with E-state index in [1.165, 1.54) is 0 Å². The summed E-state index contributed by atoms with van der Waals surface area (Å²) in [6.45, 7) is 1.74. The van der Waals surface area contributed by atoms with Crippen LogP contribution in [0.25, 0.3) is 0 Å². The highest BCUT2D eigenvalue weighted by Crippen LogP contribution is 2.23. The molecule has 0 aliphatic carbocycles. The van der Waals surface area contributed by atoms with Gasteiger partial charge in [-0.15, -0.1) is 0 Å². The van der Waals surface area contributed by atoms with Crippen molar-refractivity contribution in [3.63, 3.8) is 0 Å². The summed E-state index contributed by atoms with van der Waals surface area (Å²) in [6, 6.07) is 12.1. The van der Waals surface area contributed by atoms with Crippen molar-refractivity contribution in [2.75, 3.05) is 11.9 Å². The first-order chi connectivity index (χ1) is 12.6. The zero-order chi connectivity index (χ0) is 18.5. The van der Waals surface area contributed by atoms with Gasteiger partial charge in [-0.05, 0) is 60.9 Å². The number of fused-ring (bicyclic) bond motifs is 1. The Hall–Kier alpha value is -2.95. The Balaban J connectivity index is 1.64. The predicted octanol–water partition coefficient (Wildman–Crippen LogP) is 3.82. The highest BCUT2D eigenvalue weighted by atomic mass is 16.5. The molecule has 2 aromatic rings. The number of anilines is 1. The van der Waals surface area contributed by atoms with Crippen LogP contribution in [0, 0.1) is 0 Å². The van der Waals surface area contributed by atoms with E-state index in [9.17, 15) is 14.4 Å². The van der Waals surface area contributed by atoms with E-state index < -0.39 is 0 Å². The number of Topliss-reactive ketones (excluding diaryl/α,β-unsaturated/α-hetero) is 2. The molecule has 5 heteroatoms. The number of amides is 1. The van der Waals surface area contributed by atoms with Gasteiger partial charge in [0.05, 0.1) is 0 Å². The van der Waals surface area contributed by atoms with Gasteiger partial charge in [0, 0.05) is 29.7 Å². The molecule has 5 nitrogen and oxygen atoms in total. The van der Waals surface area contributed by atoms with Crippen LogP contribution < -0.4 is 10.1 Å². The molecule has 1 N–H and O–H groups in total. The van der Waals surface area contributed by atoms with Crippen molar-refractivity contribution in [1.82, 2.24) is 0 Å². The zero-order valence-corrected chi connectivity index (χ0v) is 14.7. The van der Waals surface area contributed by atoms with Gasteiger partial charge in [-0.25, -0.2) is 0 Å². The molecule has 0 spiro atoms. The highest BCUT2D eigenvalue weighted by molar-refractivity contribution is 5.99. The summed E-state index contributed by atoms with van der Waals surface area (Å²) in [5, 5.41) is 2.86. The summed E-state index contributed by atoms with van der Waals surface area (Å²) in [5.41, 5.74) is 2.96. The first-order valence-electron chi connectivity index (χ1n) is 8.79. The molecule has 134 valence electrons. The van der Waals surface area contributed by atoms with Crippen molar-refractivity contribution in [1.29, 1.82) is 0 Å². The third-order valence-electron chi connectivity index (χ3n) is 4.42. The number of ketones is 2. The lowest BCUT2D eigenvalue weighted by atomic mass is 10.0. The Morgan fingerprint density at radius 1 is 1.00 bits per heavy atom. The highest BCUT2D eigenvalue weighted by Gasteiger charge is 2.15. The Morgan fingerprint density at radius 3 is 2.46 bits per heavy atom. The van der Waals surface area contributed by atoms with Crippen molar-refractivity contribution in [3.05, 3.63) is 59.2 Å². The number of carbonyl (C=O) groups is 3. The molecule has 26 heavy (non-hydrogen) atoms. The molecule has 0 unspecified atom stereocenters. The van der Waals surface area contributed by atoms with E-state index >= 15 is 0 Å². The van der Waals surface area contributed by atoms with Gasteiger partial charge in [0.25, 0.3) is 0 Å². The maximum absolute atomic E-state index is 12.4. The normalized spacial score (nSPS) is 13.3. The van der Waals surface area contributed by atoms with Crippen LogP contribution in [0.1, 0.15) is 52.5 Å². The molecular formula is C21H21NO4. The van der Waals surface area contributed by atoms with Gasteiger partial charge in [0.1, 0.15) is 5.75 Å². The van der Waals surface area contributed by atoms with Crippen molar-refractivity contribution < 1.29 is 19.1 Å². The third-order valence-corrected chi connectivity index (χ3v) is 4.42. The third kappa shape index (κ3) is 4.17. The van der Waals surface area contributed by atoms with Crippen molar-refractivity contribution >= 4 is 23.2 Å². The van der Waals surface area contributed by atoms with Crippen LogP contribution in [-0.2, 0) is 11.2 Å². The molecule has 3 rings (SSSR count). The smallest absolute Gasteiger partial charge is 0.224 e. The summed E-state index contributed by atoms with van der Waals surface area (Å²) >= 11 is 0. The molecule has 1 aliphatic rings. The molecule has 1 aliphatic heterocycles. The van der Waals surface area contributed by atoms with E-state index in [0.29, 0.717) is 29.7 Å². The minimum Gasteiger partial charge on any atom is -0.485 e. The second-order valence-corrected chi connectivity index (χ2v) is 6.29. The van der Waals surface area contributed by atoms with Crippen LogP contribution in [0.5, 0.6) is 5.75 Å². The van der Waals surface area contributed by atoms with Crippen LogP contribution in [0.2, 0.25) is 0 Å². The summed E-state index contributed by atoms with van der Waals surface area (Å²) in [7, 11) is 0. The van der Waals surface area contributed by atoms with Crippen molar-refractivity contribution in [3.8, 4) is 5.75 Å². The molecule has 0 saturated carbocycles. The van der Waals surface area contributed by atoms with Gasteiger partial charge in [0.15, 0.2) is 18.2 Å². The average Bonchev–Trinajstić information content (AvgIpc) is 2.85. The van der Waals surface area contributed by atoms with Crippen LogP contribution in [0.4, 0.5) is 5.69 Å². The predicted molar refractivity (Wildman–Crippen MR) is 98.9 cm³/mol. The molecule has 1 heterocycles. The lowest BCUT2D eigenvalue weighted by molar-refractivity contribution is -0.116. The van der Waals surface area contributed by atoms with E-state index in [4.69, 9.17) is 4.74 Å². The number of hydrogen-bond donors (Lipinski definition) is 1. The molecule has 0 fully saturated rings. The second-order valence-electron chi connectivity index (χ2n) is 6.29. The second kappa shape index (κ2) is 7.95. The Labute approximate surface area is 152 Å². The minimum absolute atomic E-state index is 0.0103. The zero-order valence-electron chi connectivity index (χ0n) is 14.7. The summed E-state index contributed by atoms with van der Waals surface area (Å²) < 4.78 is 5.55. The number of nitrogens with one attached hydrogen (secondary N) is 1. The van der Waals surface area contributed by atoms with Crippen LogP contribution in [0.15, 0.2) is 42.5 Å². The van der Waals surface area contributed by atoms with Crippen LogP contribution in [-0.4, -0.2) is 24.1 Å². The van der Waals surface area contributed by atoms with Gasteiger partial charge < -0.3 is 10.1 Å². The standard InChI is InChI=1S/C21H21NO4/c1-2-19(23)14-6-9-17(10-7-14)26-13-20(24)16-8-11-18-15(12-16)4-3-5-21(25)22-18/h6-12H,2-5,13H2,1H3,(H,22,25). The van der Waals surface area contributed by atoms with E-state index in [1.54, 1.807) is 36.4 Å². The number of benzene rings is 2. The largest absolute Gasteiger partial charge is 0.485 e. The fraction of sp³-hybridized carbons (Fsp3) is 0.286. The van der Waals surface area contributed by atoms with E-state index in [-0.39, 0.29) is 24.1 Å². The minimum atomic E-state index is -0.128. The first kappa shape index (κ1) is 17.9. The molecule has 2 aromatic carbocycles. The number of carbonyl (C=O) groups excluding carboxylic acids is 3. The van der Waals surface area contributed by atoms with Crippen LogP contribution in [0.3, 0.4) is 0 Å². The SMILES string of the molecule is CCC(=O)c1ccc(OCC(=O)c2ccc3c(c2)CCCC(=O)N3)cc1. The molecule has 0 atom stereocenters. The van der Waals surface area contributed by atoms with Crippen LogP contribution >= 0.6 is 0 Å². The summed E-state index contributed by atoms with van der Waals surface area (Å²) in [5.74, 6) is 0.506. The lowest BCUT2D eigenvalue weighted by Crippen LogP contribution is -2.13. The van der Waals surface area contributed by atoms with Gasteiger partial charge in [-0.2, -0.15) is 0 Å². The van der Waals surface area contributed by atoms with E-state index in [2.05, 4.69) is 5.32 Å². The number of ether oxygens (including phenoxy) is 1. The van der Waals surface area contributed by atoms with E-state index in [1.807, 2.05) is 13.0 Å². The van der Waals surface area contributed by atoms with Gasteiger partial charge in [-0.1, -0.05) is 6.92 Å². The first-order valence-corrected chi connectivity index (χ1v) is 8.79. The maximum atomic E-state index is 12.4.